The zero-order chi connectivity index (χ0) is 11.1. The molecule has 15 heavy (non-hydrogen) atoms. The van der Waals surface area contributed by atoms with Crippen molar-refractivity contribution in [1.82, 2.24) is 0 Å². The minimum Gasteiger partial charge on any atom is -0.478 e. The van der Waals surface area contributed by atoms with Crippen LogP contribution in [0.1, 0.15) is 23.2 Å². The Balaban J connectivity index is 2.47. The Morgan fingerprint density at radius 2 is 2.13 bits per heavy atom. The quantitative estimate of drug-likeness (QED) is 0.622. The molecule has 0 saturated heterocycles. The third-order valence-electron chi connectivity index (χ3n) is 2.02. The lowest BCUT2D eigenvalue weighted by atomic mass is 10.2. The maximum atomic E-state index is 10.7. The van der Waals surface area contributed by atoms with Crippen molar-refractivity contribution in [2.24, 2.45) is 0 Å². The molecule has 1 aromatic rings. The molecule has 0 aliphatic heterocycles. The van der Waals surface area contributed by atoms with E-state index in [1.54, 1.807) is 18.2 Å². The summed E-state index contributed by atoms with van der Waals surface area (Å²) in [5.41, 5.74) is 1.08. The van der Waals surface area contributed by atoms with Gasteiger partial charge in [0.25, 0.3) is 0 Å². The van der Waals surface area contributed by atoms with E-state index >= 15 is 0 Å². The summed E-state index contributed by atoms with van der Waals surface area (Å²) in [7, 11) is 0. The third kappa shape index (κ3) is 3.99. The third-order valence-corrected chi connectivity index (χ3v) is 2.02. The van der Waals surface area contributed by atoms with Gasteiger partial charge in [0.2, 0.25) is 0 Å². The molecule has 0 saturated carbocycles. The number of carbonyl (C=O) groups is 1. The average Bonchev–Trinajstić information content (AvgIpc) is 2.25. The molecule has 0 radical (unpaired) electrons. The summed E-state index contributed by atoms with van der Waals surface area (Å²) in [6.45, 7) is 0.931. The molecule has 0 fully saturated rings. The second kappa shape index (κ2) is 6.03. The largest absolute Gasteiger partial charge is 0.478 e. The summed E-state index contributed by atoms with van der Waals surface area (Å²) in [6.07, 6.45) is 1.62. The molecule has 4 nitrogen and oxygen atoms in total. The lowest BCUT2D eigenvalue weighted by molar-refractivity contribution is 0.0697. The molecule has 0 unspecified atom stereocenters. The molecule has 0 amide bonds. The van der Waals surface area contributed by atoms with Gasteiger partial charge in [-0.1, -0.05) is 6.07 Å². The zero-order valence-electron chi connectivity index (χ0n) is 8.44. The molecule has 0 heterocycles. The smallest absolute Gasteiger partial charge is 0.335 e. The fourth-order valence-corrected chi connectivity index (χ4v) is 1.23. The van der Waals surface area contributed by atoms with Crippen molar-refractivity contribution >= 4 is 11.7 Å². The maximum absolute atomic E-state index is 10.7. The Bertz CT molecular complexity index is 325. The predicted octanol–water partition coefficient (Wildman–Crippen LogP) is 1.57. The number of hydrogen-bond acceptors (Lipinski definition) is 3. The van der Waals surface area contributed by atoms with Crippen molar-refractivity contribution in [1.29, 1.82) is 0 Å². The van der Waals surface area contributed by atoms with E-state index in [-0.39, 0.29) is 12.2 Å². The van der Waals surface area contributed by atoms with Crippen molar-refractivity contribution < 1.29 is 15.0 Å². The van der Waals surface area contributed by atoms with E-state index in [0.29, 0.717) is 0 Å². The van der Waals surface area contributed by atoms with Crippen molar-refractivity contribution in [3.05, 3.63) is 29.8 Å². The van der Waals surface area contributed by atoms with E-state index in [2.05, 4.69) is 5.32 Å². The van der Waals surface area contributed by atoms with Crippen molar-refractivity contribution in [2.45, 2.75) is 12.8 Å². The molecule has 1 rings (SSSR count). The fourth-order valence-electron chi connectivity index (χ4n) is 1.23. The number of benzene rings is 1. The Morgan fingerprint density at radius 1 is 1.33 bits per heavy atom. The highest BCUT2D eigenvalue weighted by atomic mass is 16.4. The molecule has 3 N–H and O–H groups in total. The van der Waals surface area contributed by atoms with Gasteiger partial charge in [-0.15, -0.1) is 0 Å². The molecule has 82 valence electrons. The van der Waals surface area contributed by atoms with Gasteiger partial charge < -0.3 is 15.5 Å². The average molecular weight is 209 g/mol. The number of aliphatic hydroxyl groups excluding tert-OH is 1. The number of hydrogen-bond donors (Lipinski definition) is 3. The van der Waals surface area contributed by atoms with Crippen LogP contribution in [0.2, 0.25) is 0 Å². The monoisotopic (exact) mass is 209 g/mol. The van der Waals surface area contributed by atoms with Gasteiger partial charge in [-0.2, -0.15) is 0 Å². The van der Waals surface area contributed by atoms with Crippen LogP contribution in [0.15, 0.2) is 24.3 Å². The topological polar surface area (TPSA) is 69.6 Å². The van der Waals surface area contributed by atoms with Crippen LogP contribution in [0.4, 0.5) is 5.69 Å². The van der Waals surface area contributed by atoms with Crippen LogP contribution in [-0.4, -0.2) is 29.3 Å². The van der Waals surface area contributed by atoms with Crippen LogP contribution in [0.5, 0.6) is 0 Å². The first kappa shape index (κ1) is 11.5. The van der Waals surface area contributed by atoms with Crippen LogP contribution in [0.3, 0.4) is 0 Å². The number of anilines is 1. The SMILES string of the molecule is O=C(O)c1cccc(NCCCCO)c1. The van der Waals surface area contributed by atoms with Gasteiger partial charge in [-0.3, -0.25) is 0 Å². The lowest BCUT2D eigenvalue weighted by Gasteiger charge is -2.06. The van der Waals surface area contributed by atoms with Crippen LogP contribution < -0.4 is 5.32 Å². The van der Waals surface area contributed by atoms with Crippen LogP contribution >= 0.6 is 0 Å². The second-order valence-corrected chi connectivity index (χ2v) is 3.24. The number of carboxylic acid groups (broad SMARTS) is 1. The van der Waals surface area contributed by atoms with E-state index < -0.39 is 5.97 Å². The predicted molar refractivity (Wildman–Crippen MR) is 58.2 cm³/mol. The molecule has 0 aromatic heterocycles. The second-order valence-electron chi connectivity index (χ2n) is 3.24. The van der Waals surface area contributed by atoms with Gasteiger partial charge >= 0.3 is 5.97 Å². The molecule has 0 atom stereocenters. The molecule has 0 aliphatic carbocycles. The van der Waals surface area contributed by atoms with E-state index in [4.69, 9.17) is 10.2 Å². The molecule has 0 aliphatic rings. The first-order valence-electron chi connectivity index (χ1n) is 4.92. The molecular formula is C11H15NO3. The first-order chi connectivity index (χ1) is 7.24. The molecule has 4 heteroatoms. The van der Waals surface area contributed by atoms with Crippen LogP contribution in [0.25, 0.3) is 0 Å². The summed E-state index contributed by atoms with van der Waals surface area (Å²) in [4.78, 5) is 10.7. The van der Waals surface area contributed by atoms with Gasteiger partial charge in [0.15, 0.2) is 0 Å². The Kier molecular flexibility index (Phi) is 4.63. The number of aromatic carboxylic acids is 1. The Morgan fingerprint density at radius 3 is 2.80 bits per heavy atom. The number of aliphatic hydroxyl groups is 1. The highest BCUT2D eigenvalue weighted by molar-refractivity contribution is 5.88. The first-order valence-corrected chi connectivity index (χ1v) is 4.92. The highest BCUT2D eigenvalue weighted by Crippen LogP contribution is 2.10. The number of rotatable bonds is 6. The van der Waals surface area contributed by atoms with Gasteiger partial charge in [-0.25, -0.2) is 4.79 Å². The Hall–Kier alpha value is -1.55. The van der Waals surface area contributed by atoms with E-state index in [0.717, 1.165) is 25.1 Å². The van der Waals surface area contributed by atoms with Crippen LogP contribution in [-0.2, 0) is 0 Å². The van der Waals surface area contributed by atoms with Gasteiger partial charge in [0.05, 0.1) is 5.56 Å². The Labute approximate surface area is 88.6 Å². The van der Waals surface area contributed by atoms with Crippen LogP contribution in [0, 0.1) is 0 Å². The van der Waals surface area contributed by atoms with E-state index in [1.165, 1.54) is 0 Å². The lowest BCUT2D eigenvalue weighted by Crippen LogP contribution is -2.04. The summed E-state index contributed by atoms with van der Waals surface area (Å²) >= 11 is 0. The molecule has 0 bridgehead atoms. The van der Waals surface area contributed by atoms with Crippen molar-refractivity contribution in [2.75, 3.05) is 18.5 Å². The summed E-state index contributed by atoms with van der Waals surface area (Å²) in [5.74, 6) is -0.922. The standard InChI is InChI=1S/C11H15NO3/c13-7-2-1-6-12-10-5-3-4-9(8-10)11(14)15/h3-5,8,12-13H,1-2,6-7H2,(H,14,15). The molecule has 0 spiro atoms. The molecule has 1 aromatic carbocycles. The van der Waals surface area contributed by atoms with Gasteiger partial charge in [0, 0.05) is 18.8 Å². The minimum absolute atomic E-state index is 0.191. The summed E-state index contributed by atoms with van der Waals surface area (Å²) in [5, 5.41) is 20.4. The number of carboxylic acids is 1. The fraction of sp³-hybridized carbons (Fsp3) is 0.364. The number of nitrogens with one attached hydrogen (secondary N) is 1. The highest BCUT2D eigenvalue weighted by Gasteiger charge is 2.02. The van der Waals surface area contributed by atoms with Crippen molar-refractivity contribution in [3.63, 3.8) is 0 Å². The summed E-state index contributed by atoms with van der Waals surface area (Å²) < 4.78 is 0. The van der Waals surface area contributed by atoms with Crippen molar-refractivity contribution in [3.8, 4) is 0 Å². The number of unbranched alkanes of at least 4 members (excludes halogenated alkanes) is 1. The van der Waals surface area contributed by atoms with E-state index in [9.17, 15) is 4.79 Å². The molecular weight excluding hydrogens is 194 g/mol. The van der Waals surface area contributed by atoms with Gasteiger partial charge in [0.1, 0.15) is 0 Å². The van der Waals surface area contributed by atoms with E-state index in [1.807, 2.05) is 6.07 Å². The normalized spacial score (nSPS) is 9.93. The maximum Gasteiger partial charge on any atom is 0.335 e. The summed E-state index contributed by atoms with van der Waals surface area (Å²) in [6, 6.07) is 6.69. The zero-order valence-corrected chi connectivity index (χ0v) is 8.44. The minimum atomic E-state index is -0.922. The van der Waals surface area contributed by atoms with Gasteiger partial charge in [-0.05, 0) is 31.0 Å².